The van der Waals surface area contributed by atoms with E-state index in [-0.39, 0.29) is 0 Å². The van der Waals surface area contributed by atoms with Crippen LogP contribution in [0.5, 0.6) is 0 Å². The Hall–Kier alpha value is -1.49. The third-order valence-electron chi connectivity index (χ3n) is 5.36. The number of aromatic nitrogens is 4. The number of H-pyrrole nitrogens is 1. The van der Waals surface area contributed by atoms with Crippen LogP contribution >= 0.6 is 12.2 Å². The highest BCUT2D eigenvalue weighted by molar-refractivity contribution is 7.71. The van der Waals surface area contributed by atoms with E-state index in [1.54, 1.807) is 6.20 Å². The molecule has 2 aromatic heterocycles. The molecule has 0 unspecified atom stereocenters. The average Bonchev–Trinajstić information content (AvgIpc) is 2.71. The molecule has 0 aromatic carbocycles. The van der Waals surface area contributed by atoms with Gasteiger partial charge in [-0.15, -0.1) is 0 Å². The van der Waals surface area contributed by atoms with E-state index in [1.165, 1.54) is 0 Å². The van der Waals surface area contributed by atoms with Gasteiger partial charge in [0, 0.05) is 24.5 Å². The molecule has 1 aliphatic rings. The third-order valence-corrected chi connectivity index (χ3v) is 5.67. The molecule has 5 heteroatoms. The largest absolute Gasteiger partial charge is 0.300 e. The maximum atomic E-state index is 5.39. The van der Waals surface area contributed by atoms with Gasteiger partial charge in [-0.2, -0.15) is 5.10 Å². The predicted octanol–water partition coefficient (Wildman–Crippen LogP) is 3.68. The third kappa shape index (κ3) is 1.84. The highest BCUT2D eigenvalue weighted by atomic mass is 32.1. The summed E-state index contributed by atoms with van der Waals surface area (Å²) < 4.78 is 2.79. The van der Waals surface area contributed by atoms with Crippen molar-refractivity contribution in [3.8, 4) is 11.4 Å². The monoisotopic (exact) mass is 288 g/mol. The molecule has 2 heterocycles. The topological polar surface area (TPSA) is 46.5 Å². The number of hydrogen-bond donors (Lipinski definition) is 1. The minimum Gasteiger partial charge on any atom is -0.300 e. The van der Waals surface area contributed by atoms with Crippen LogP contribution in [0.4, 0.5) is 0 Å². The van der Waals surface area contributed by atoms with Gasteiger partial charge in [-0.1, -0.05) is 27.7 Å². The summed E-state index contributed by atoms with van der Waals surface area (Å²) in [6, 6.07) is 3.93. The molecule has 2 aromatic rings. The Kier molecular flexibility index (Phi) is 2.87. The zero-order chi connectivity index (χ0) is 14.5. The van der Waals surface area contributed by atoms with Crippen molar-refractivity contribution in [2.24, 2.45) is 16.7 Å². The van der Waals surface area contributed by atoms with Gasteiger partial charge in [-0.25, -0.2) is 0 Å². The molecule has 0 radical (unpaired) electrons. The van der Waals surface area contributed by atoms with Crippen molar-refractivity contribution in [2.75, 3.05) is 0 Å². The van der Waals surface area contributed by atoms with E-state index in [9.17, 15) is 0 Å². The van der Waals surface area contributed by atoms with Crippen LogP contribution in [0.2, 0.25) is 0 Å². The molecular formula is C15H20N4S. The Morgan fingerprint density at radius 1 is 1.30 bits per heavy atom. The number of nitrogens with one attached hydrogen (secondary N) is 1. The fourth-order valence-corrected chi connectivity index (χ4v) is 3.38. The number of hydrogen-bond acceptors (Lipinski definition) is 3. The SMILES string of the molecule is CC1(C)C(Cn2c(-c3cccnc3)n[nH]c2=S)C1(C)C. The Morgan fingerprint density at radius 3 is 2.55 bits per heavy atom. The molecule has 0 spiro atoms. The van der Waals surface area contributed by atoms with Crippen molar-refractivity contribution in [3.05, 3.63) is 29.3 Å². The molecule has 3 rings (SSSR count). The molecule has 4 nitrogen and oxygen atoms in total. The Bertz CT molecular complexity index is 667. The smallest absolute Gasteiger partial charge is 0.195 e. The van der Waals surface area contributed by atoms with Gasteiger partial charge >= 0.3 is 0 Å². The lowest BCUT2D eigenvalue weighted by Crippen LogP contribution is -2.06. The van der Waals surface area contributed by atoms with E-state index < -0.39 is 0 Å². The van der Waals surface area contributed by atoms with Crippen molar-refractivity contribution in [3.63, 3.8) is 0 Å². The number of rotatable bonds is 3. The molecule has 1 aliphatic carbocycles. The Morgan fingerprint density at radius 2 is 2.00 bits per heavy atom. The van der Waals surface area contributed by atoms with E-state index in [0.717, 1.165) is 17.9 Å². The van der Waals surface area contributed by atoms with Gasteiger partial charge in [0.15, 0.2) is 10.6 Å². The molecule has 1 fully saturated rings. The summed E-state index contributed by atoms with van der Waals surface area (Å²) in [6.45, 7) is 10.2. The lowest BCUT2D eigenvalue weighted by molar-refractivity contribution is 0.457. The average molecular weight is 288 g/mol. The second kappa shape index (κ2) is 4.25. The lowest BCUT2D eigenvalue weighted by Gasteiger charge is -2.08. The second-order valence-corrected chi connectivity index (χ2v) is 7.09. The van der Waals surface area contributed by atoms with Crippen molar-refractivity contribution in [1.29, 1.82) is 0 Å². The molecule has 1 N–H and O–H groups in total. The number of nitrogens with zero attached hydrogens (tertiary/aromatic N) is 3. The summed E-state index contributed by atoms with van der Waals surface area (Å²) in [5.41, 5.74) is 1.67. The van der Waals surface area contributed by atoms with Gasteiger partial charge in [-0.3, -0.25) is 14.6 Å². The van der Waals surface area contributed by atoms with E-state index in [4.69, 9.17) is 12.2 Å². The minimum atomic E-state index is 0.339. The summed E-state index contributed by atoms with van der Waals surface area (Å²) in [5, 5.41) is 7.28. The normalized spacial score (nSPS) is 20.0. The van der Waals surface area contributed by atoms with Crippen molar-refractivity contribution in [2.45, 2.75) is 34.2 Å². The van der Waals surface area contributed by atoms with Gasteiger partial charge in [0.05, 0.1) is 0 Å². The summed E-state index contributed by atoms with van der Waals surface area (Å²) in [7, 11) is 0. The highest BCUT2D eigenvalue weighted by Gasteiger charge is 2.64. The van der Waals surface area contributed by atoms with Crippen LogP contribution in [0.1, 0.15) is 27.7 Å². The molecule has 0 amide bonds. The summed E-state index contributed by atoms with van der Waals surface area (Å²) in [5.74, 6) is 1.48. The standard InChI is InChI=1S/C15H20N4S/c1-14(2)11(15(14,3)4)9-19-12(17-18-13(19)20)10-6-5-7-16-8-10/h5-8,11H,9H2,1-4H3,(H,18,20). The first-order valence-electron chi connectivity index (χ1n) is 6.91. The summed E-state index contributed by atoms with van der Waals surface area (Å²) >= 11 is 5.39. The first kappa shape index (κ1) is 13.5. The van der Waals surface area contributed by atoms with Crippen molar-refractivity contribution >= 4 is 12.2 Å². The van der Waals surface area contributed by atoms with Crippen molar-refractivity contribution < 1.29 is 0 Å². The second-order valence-electron chi connectivity index (χ2n) is 6.70. The Balaban J connectivity index is 1.96. The minimum absolute atomic E-state index is 0.339. The summed E-state index contributed by atoms with van der Waals surface area (Å²) in [4.78, 5) is 4.16. The van der Waals surface area contributed by atoms with E-state index >= 15 is 0 Å². The molecule has 0 aliphatic heterocycles. The van der Waals surface area contributed by atoms with Crippen LogP contribution < -0.4 is 0 Å². The van der Waals surface area contributed by atoms with E-state index in [0.29, 0.717) is 21.5 Å². The van der Waals surface area contributed by atoms with E-state index in [2.05, 4.69) is 47.4 Å². The molecule has 0 atom stereocenters. The van der Waals surface area contributed by atoms with E-state index in [1.807, 2.05) is 18.3 Å². The maximum absolute atomic E-state index is 5.39. The quantitative estimate of drug-likeness (QED) is 0.876. The van der Waals surface area contributed by atoms with Gasteiger partial charge in [-0.05, 0) is 41.1 Å². The zero-order valence-corrected chi connectivity index (χ0v) is 13.2. The Labute approximate surface area is 124 Å². The molecule has 20 heavy (non-hydrogen) atoms. The molecular weight excluding hydrogens is 268 g/mol. The molecule has 1 saturated carbocycles. The van der Waals surface area contributed by atoms with Gasteiger partial charge in [0.1, 0.15) is 0 Å². The molecule has 0 bridgehead atoms. The number of aromatic amines is 1. The first-order valence-corrected chi connectivity index (χ1v) is 7.32. The fraction of sp³-hybridized carbons (Fsp3) is 0.533. The van der Waals surface area contributed by atoms with Gasteiger partial charge in [0.25, 0.3) is 0 Å². The number of pyridine rings is 1. The van der Waals surface area contributed by atoms with Crippen LogP contribution in [-0.4, -0.2) is 19.7 Å². The fourth-order valence-electron chi connectivity index (χ4n) is 3.17. The van der Waals surface area contributed by atoms with Crippen molar-refractivity contribution in [1.82, 2.24) is 19.7 Å². The molecule has 0 saturated heterocycles. The van der Waals surface area contributed by atoms with Crippen LogP contribution in [0, 0.1) is 21.5 Å². The maximum Gasteiger partial charge on any atom is 0.195 e. The highest BCUT2D eigenvalue weighted by Crippen LogP contribution is 2.68. The molecule has 106 valence electrons. The zero-order valence-electron chi connectivity index (χ0n) is 12.3. The van der Waals surface area contributed by atoms with Crippen LogP contribution in [-0.2, 0) is 6.54 Å². The van der Waals surface area contributed by atoms with Crippen LogP contribution in [0.15, 0.2) is 24.5 Å². The predicted molar refractivity (Wildman–Crippen MR) is 81.7 cm³/mol. The van der Waals surface area contributed by atoms with Crippen LogP contribution in [0.3, 0.4) is 0 Å². The summed E-state index contributed by atoms with van der Waals surface area (Å²) in [6.07, 6.45) is 3.59. The van der Waals surface area contributed by atoms with Gasteiger partial charge in [0.2, 0.25) is 0 Å². The lowest BCUT2D eigenvalue weighted by atomic mass is 10.0. The van der Waals surface area contributed by atoms with Crippen LogP contribution in [0.25, 0.3) is 11.4 Å². The van der Waals surface area contributed by atoms with Gasteiger partial charge < -0.3 is 0 Å². The first-order chi connectivity index (χ1) is 9.35.